The van der Waals surface area contributed by atoms with E-state index in [1.165, 1.54) is 6.08 Å². The largest absolute Gasteiger partial charge is 1.00 e. The molecule has 0 bridgehead atoms. The zero-order valence-electron chi connectivity index (χ0n) is 10.6. The summed E-state index contributed by atoms with van der Waals surface area (Å²) in [5, 5.41) is 0. The second-order valence-electron chi connectivity index (χ2n) is 4.00. The fraction of sp³-hybridized carbons (Fsp3) is 0.0667. The van der Waals surface area contributed by atoms with E-state index in [-0.39, 0.29) is 18.3 Å². The molecule has 3 nitrogen and oxygen atoms in total. The summed E-state index contributed by atoms with van der Waals surface area (Å²) < 4.78 is 1.63. The highest BCUT2D eigenvalue weighted by molar-refractivity contribution is 5.96. The number of carbonyl (C=O) groups is 1. The first-order valence-corrected chi connectivity index (χ1v) is 5.76. The Morgan fingerprint density at radius 3 is 2.37 bits per heavy atom. The predicted octanol–water partition coefficient (Wildman–Crippen LogP) is -0.930. The third-order valence-corrected chi connectivity index (χ3v) is 2.46. The molecular formula is C15H15ClN2O. The number of aryl methyl sites for hydroxylation is 1. The summed E-state index contributed by atoms with van der Waals surface area (Å²) >= 11 is 0. The molecule has 1 heterocycles. The maximum absolute atomic E-state index is 11.7. The van der Waals surface area contributed by atoms with E-state index in [1.807, 2.05) is 61.8 Å². The van der Waals surface area contributed by atoms with Crippen LogP contribution in [0.3, 0.4) is 0 Å². The molecule has 1 amide bonds. The van der Waals surface area contributed by atoms with Crippen LogP contribution in [0.15, 0.2) is 60.9 Å². The molecule has 1 aromatic carbocycles. The minimum Gasteiger partial charge on any atom is -1.00 e. The monoisotopic (exact) mass is 274 g/mol. The standard InChI is InChI=1S/C15H14N2O.ClH/c1-13-9-11-17(12-10-13)16-15(18)8-7-14-5-3-2-4-6-14;/h2-12H,1H3;1H. The molecule has 0 atom stereocenters. The van der Waals surface area contributed by atoms with Gasteiger partial charge in [0.15, 0.2) is 12.4 Å². The van der Waals surface area contributed by atoms with Crippen molar-refractivity contribution in [2.24, 2.45) is 0 Å². The highest BCUT2D eigenvalue weighted by Gasteiger charge is 2.02. The highest BCUT2D eigenvalue weighted by Crippen LogP contribution is 2.00. The first-order chi connectivity index (χ1) is 8.74. The number of pyridine rings is 1. The minimum absolute atomic E-state index is 0. The molecule has 1 N–H and O–H groups in total. The molecule has 1 aromatic heterocycles. The number of hydrogen-bond donors (Lipinski definition) is 1. The summed E-state index contributed by atoms with van der Waals surface area (Å²) in [6, 6.07) is 13.6. The van der Waals surface area contributed by atoms with E-state index >= 15 is 0 Å². The first-order valence-electron chi connectivity index (χ1n) is 5.76. The van der Waals surface area contributed by atoms with Crippen LogP contribution in [0, 0.1) is 6.92 Å². The van der Waals surface area contributed by atoms with Crippen LogP contribution in [0.2, 0.25) is 0 Å². The van der Waals surface area contributed by atoms with Gasteiger partial charge in [-0.1, -0.05) is 35.0 Å². The summed E-state index contributed by atoms with van der Waals surface area (Å²) in [4.78, 5) is 11.7. The van der Waals surface area contributed by atoms with Crippen LogP contribution in [0.1, 0.15) is 11.1 Å². The Kier molecular flexibility index (Phi) is 5.76. The molecule has 0 aliphatic carbocycles. The second kappa shape index (κ2) is 7.34. The quantitative estimate of drug-likeness (QED) is 0.569. The van der Waals surface area contributed by atoms with Gasteiger partial charge in [-0.2, -0.15) is 0 Å². The van der Waals surface area contributed by atoms with Gasteiger partial charge in [-0.05, 0) is 24.1 Å². The Morgan fingerprint density at radius 2 is 1.74 bits per heavy atom. The van der Waals surface area contributed by atoms with E-state index in [9.17, 15) is 4.79 Å². The van der Waals surface area contributed by atoms with Crippen molar-refractivity contribution in [3.05, 3.63) is 72.1 Å². The normalized spacial score (nSPS) is 9.95. The van der Waals surface area contributed by atoms with Crippen LogP contribution in [-0.2, 0) is 4.79 Å². The summed E-state index contributed by atoms with van der Waals surface area (Å²) in [6.07, 6.45) is 6.92. The zero-order valence-corrected chi connectivity index (χ0v) is 11.3. The van der Waals surface area contributed by atoms with Gasteiger partial charge in [0.1, 0.15) is 0 Å². The predicted molar refractivity (Wildman–Crippen MR) is 71.2 cm³/mol. The molecular weight excluding hydrogens is 260 g/mol. The van der Waals surface area contributed by atoms with E-state index in [0.29, 0.717) is 0 Å². The van der Waals surface area contributed by atoms with Gasteiger partial charge in [0, 0.05) is 18.2 Å². The molecule has 0 saturated carbocycles. The van der Waals surface area contributed by atoms with Crippen molar-refractivity contribution in [3.63, 3.8) is 0 Å². The van der Waals surface area contributed by atoms with Crippen molar-refractivity contribution in [2.75, 3.05) is 5.43 Å². The number of hydrogen-bond acceptors (Lipinski definition) is 1. The van der Waals surface area contributed by atoms with Crippen molar-refractivity contribution >= 4 is 12.0 Å². The Labute approximate surface area is 119 Å². The van der Waals surface area contributed by atoms with Crippen molar-refractivity contribution in [1.82, 2.24) is 0 Å². The van der Waals surface area contributed by atoms with Crippen LogP contribution in [-0.4, -0.2) is 5.91 Å². The SMILES string of the molecule is Cc1cc[n+](NC(=O)C=Cc2ccccc2)cc1.[Cl-]. The molecule has 2 rings (SSSR count). The molecule has 2 aromatic rings. The Morgan fingerprint density at radius 1 is 1.11 bits per heavy atom. The number of benzene rings is 1. The van der Waals surface area contributed by atoms with E-state index in [0.717, 1.165) is 11.1 Å². The van der Waals surface area contributed by atoms with Crippen LogP contribution in [0.5, 0.6) is 0 Å². The van der Waals surface area contributed by atoms with Gasteiger partial charge in [0.25, 0.3) is 5.91 Å². The van der Waals surface area contributed by atoms with Crippen LogP contribution >= 0.6 is 0 Å². The molecule has 0 fully saturated rings. The lowest BCUT2D eigenvalue weighted by Gasteiger charge is -1.95. The molecule has 19 heavy (non-hydrogen) atoms. The number of halogens is 1. The van der Waals surface area contributed by atoms with Gasteiger partial charge >= 0.3 is 0 Å². The highest BCUT2D eigenvalue weighted by atomic mass is 35.5. The first kappa shape index (κ1) is 14.9. The van der Waals surface area contributed by atoms with E-state index in [1.54, 1.807) is 10.8 Å². The third kappa shape index (κ3) is 4.94. The Bertz CT molecular complexity index is 550. The number of nitrogens with one attached hydrogen (secondary N) is 1. The van der Waals surface area contributed by atoms with Crippen LogP contribution in [0.4, 0.5) is 0 Å². The van der Waals surface area contributed by atoms with Gasteiger partial charge in [-0.25, -0.2) is 0 Å². The summed E-state index contributed by atoms with van der Waals surface area (Å²) in [6.45, 7) is 2.00. The lowest BCUT2D eigenvalue weighted by molar-refractivity contribution is -0.642. The summed E-state index contributed by atoms with van der Waals surface area (Å²) in [7, 11) is 0. The number of rotatable bonds is 3. The maximum atomic E-state index is 11.7. The van der Waals surface area contributed by atoms with Gasteiger partial charge in [0.05, 0.1) is 0 Å². The number of nitrogens with zero attached hydrogens (tertiary/aromatic N) is 1. The molecule has 98 valence electrons. The average molecular weight is 275 g/mol. The van der Waals surface area contributed by atoms with Crippen LogP contribution < -0.4 is 22.5 Å². The van der Waals surface area contributed by atoms with E-state index in [2.05, 4.69) is 5.43 Å². The van der Waals surface area contributed by atoms with Crippen molar-refractivity contribution < 1.29 is 21.9 Å². The molecule has 4 heteroatoms. The van der Waals surface area contributed by atoms with E-state index in [4.69, 9.17) is 0 Å². The Balaban J connectivity index is 0.00000180. The van der Waals surface area contributed by atoms with Gasteiger partial charge < -0.3 is 12.4 Å². The molecule has 0 spiro atoms. The smallest absolute Gasteiger partial charge is 0.298 e. The lowest BCUT2D eigenvalue weighted by atomic mass is 10.2. The zero-order chi connectivity index (χ0) is 12.8. The number of amides is 1. The maximum Gasteiger partial charge on any atom is 0.298 e. The number of aromatic nitrogens is 1. The average Bonchev–Trinajstić information content (AvgIpc) is 2.40. The second-order valence-corrected chi connectivity index (χ2v) is 4.00. The third-order valence-electron chi connectivity index (χ3n) is 2.46. The van der Waals surface area contributed by atoms with Crippen LogP contribution in [0.25, 0.3) is 6.08 Å². The molecule has 0 unspecified atom stereocenters. The number of carbonyl (C=O) groups excluding carboxylic acids is 1. The fourth-order valence-electron chi connectivity index (χ4n) is 1.48. The van der Waals surface area contributed by atoms with Crippen molar-refractivity contribution in [1.29, 1.82) is 0 Å². The Hall–Kier alpha value is -2.13. The van der Waals surface area contributed by atoms with Crippen molar-refractivity contribution in [2.45, 2.75) is 6.92 Å². The van der Waals surface area contributed by atoms with Gasteiger partial charge in [-0.3, -0.25) is 4.79 Å². The molecule has 0 aliphatic rings. The summed E-state index contributed by atoms with van der Waals surface area (Å²) in [5.41, 5.74) is 4.88. The molecule has 0 aliphatic heterocycles. The molecule has 0 saturated heterocycles. The lowest BCUT2D eigenvalue weighted by Crippen LogP contribution is -3.00. The fourth-order valence-corrected chi connectivity index (χ4v) is 1.48. The minimum atomic E-state index is -0.160. The summed E-state index contributed by atoms with van der Waals surface area (Å²) in [5.74, 6) is -0.160. The topological polar surface area (TPSA) is 33.0 Å². The van der Waals surface area contributed by atoms with E-state index < -0.39 is 0 Å². The molecule has 0 radical (unpaired) electrons. The van der Waals surface area contributed by atoms with Crippen molar-refractivity contribution in [3.8, 4) is 0 Å². The van der Waals surface area contributed by atoms with Gasteiger partial charge in [0.2, 0.25) is 0 Å². The van der Waals surface area contributed by atoms with Gasteiger partial charge in [-0.15, -0.1) is 5.43 Å².